The number of carbonyl (C=O) groups is 2. The smallest absolute Gasteiger partial charge is 0.338 e. The third-order valence-corrected chi connectivity index (χ3v) is 2.11. The number of hydrogen-bond donors (Lipinski definition) is 1. The minimum absolute atomic E-state index is 0.0485. The number of carboxylic acid groups (broad SMARTS) is 1. The zero-order valence-corrected chi connectivity index (χ0v) is 9.58. The zero-order chi connectivity index (χ0) is 11.4. The largest absolute Gasteiger partial charge is 0.478 e. The van der Waals surface area contributed by atoms with Crippen molar-refractivity contribution in [1.29, 1.82) is 0 Å². The van der Waals surface area contributed by atoms with Gasteiger partial charge in [-0.3, -0.25) is 0 Å². The summed E-state index contributed by atoms with van der Waals surface area (Å²) >= 11 is 3.13. The average Bonchev–Trinajstić information content (AvgIpc) is 2.17. The van der Waals surface area contributed by atoms with Gasteiger partial charge >= 0.3 is 11.9 Å². The molecule has 0 fully saturated rings. The molecule has 0 spiro atoms. The van der Waals surface area contributed by atoms with Crippen LogP contribution in [0.2, 0.25) is 0 Å². The van der Waals surface area contributed by atoms with E-state index in [0.29, 0.717) is 4.47 Å². The number of benzene rings is 1. The fraction of sp³-hybridized carbons (Fsp3) is 0.200. The minimum Gasteiger partial charge on any atom is -0.478 e. The molecule has 1 aromatic carbocycles. The van der Waals surface area contributed by atoms with Crippen LogP contribution in [-0.4, -0.2) is 23.7 Å². The molecule has 0 unspecified atom stereocenters. The SMILES string of the molecule is CCOC(=O)c1cc(Br)cc(C(=O)O)c1. The second kappa shape index (κ2) is 4.93. The van der Waals surface area contributed by atoms with E-state index < -0.39 is 11.9 Å². The Morgan fingerprint density at radius 3 is 2.47 bits per heavy atom. The normalized spacial score (nSPS) is 9.73. The van der Waals surface area contributed by atoms with E-state index in [1.165, 1.54) is 18.2 Å². The molecule has 1 rings (SSSR count). The van der Waals surface area contributed by atoms with Crippen molar-refractivity contribution in [3.63, 3.8) is 0 Å². The number of esters is 1. The highest BCUT2D eigenvalue weighted by molar-refractivity contribution is 9.10. The number of carboxylic acids is 1. The van der Waals surface area contributed by atoms with Crippen LogP contribution in [0.15, 0.2) is 22.7 Å². The summed E-state index contributed by atoms with van der Waals surface area (Å²) in [5.74, 6) is -1.61. The van der Waals surface area contributed by atoms with Crippen molar-refractivity contribution in [2.24, 2.45) is 0 Å². The summed E-state index contributed by atoms with van der Waals surface area (Å²) in [7, 11) is 0. The molecule has 0 aliphatic carbocycles. The number of carbonyl (C=O) groups excluding carboxylic acids is 1. The van der Waals surface area contributed by atoms with Gasteiger partial charge in [0.1, 0.15) is 0 Å². The Kier molecular flexibility index (Phi) is 3.85. The maximum atomic E-state index is 11.3. The molecule has 1 aromatic rings. The first kappa shape index (κ1) is 11.7. The van der Waals surface area contributed by atoms with Crippen molar-refractivity contribution < 1.29 is 19.4 Å². The number of halogens is 1. The van der Waals surface area contributed by atoms with Gasteiger partial charge < -0.3 is 9.84 Å². The number of ether oxygens (including phenoxy) is 1. The Labute approximate surface area is 95.0 Å². The van der Waals surface area contributed by atoms with Crippen LogP contribution in [0.25, 0.3) is 0 Å². The Hall–Kier alpha value is -1.36. The highest BCUT2D eigenvalue weighted by Gasteiger charge is 2.11. The molecule has 0 saturated carbocycles. The van der Waals surface area contributed by atoms with E-state index in [1.807, 2.05) is 0 Å². The lowest BCUT2D eigenvalue weighted by Gasteiger charge is -2.03. The minimum atomic E-state index is -1.08. The summed E-state index contributed by atoms with van der Waals surface area (Å²) < 4.78 is 5.30. The number of hydrogen-bond acceptors (Lipinski definition) is 3. The van der Waals surface area contributed by atoms with Gasteiger partial charge in [-0.2, -0.15) is 0 Å². The fourth-order valence-corrected chi connectivity index (χ4v) is 1.54. The van der Waals surface area contributed by atoms with Gasteiger partial charge in [0, 0.05) is 4.47 Å². The molecule has 1 N–H and O–H groups in total. The molecule has 0 radical (unpaired) electrons. The standard InChI is InChI=1S/C10H9BrO4/c1-2-15-10(14)7-3-6(9(12)13)4-8(11)5-7/h3-5H,2H2,1H3,(H,12,13). The van der Waals surface area contributed by atoms with E-state index >= 15 is 0 Å². The third-order valence-electron chi connectivity index (χ3n) is 1.66. The molecular weight excluding hydrogens is 264 g/mol. The van der Waals surface area contributed by atoms with Crippen molar-refractivity contribution in [2.75, 3.05) is 6.61 Å². The van der Waals surface area contributed by atoms with Gasteiger partial charge in [0.25, 0.3) is 0 Å². The van der Waals surface area contributed by atoms with Gasteiger partial charge in [-0.1, -0.05) is 15.9 Å². The average molecular weight is 273 g/mol. The van der Waals surface area contributed by atoms with Crippen LogP contribution in [0.1, 0.15) is 27.6 Å². The van der Waals surface area contributed by atoms with Crippen LogP contribution < -0.4 is 0 Å². The zero-order valence-electron chi connectivity index (χ0n) is 7.99. The summed E-state index contributed by atoms with van der Waals surface area (Å²) in [6.45, 7) is 1.95. The lowest BCUT2D eigenvalue weighted by Crippen LogP contribution is -2.06. The molecule has 0 saturated heterocycles. The van der Waals surface area contributed by atoms with Crippen LogP contribution in [0.4, 0.5) is 0 Å². The first-order chi connectivity index (χ1) is 7.04. The summed E-state index contributed by atoms with van der Waals surface area (Å²) in [4.78, 5) is 22.0. The van der Waals surface area contributed by atoms with Gasteiger partial charge in [-0.25, -0.2) is 9.59 Å². The summed E-state index contributed by atoms with van der Waals surface area (Å²) in [5.41, 5.74) is 0.274. The Morgan fingerprint density at radius 1 is 1.33 bits per heavy atom. The van der Waals surface area contributed by atoms with Crippen LogP contribution in [0.3, 0.4) is 0 Å². The lowest BCUT2D eigenvalue weighted by molar-refractivity contribution is 0.0526. The molecule has 0 bridgehead atoms. The van der Waals surface area contributed by atoms with Crippen molar-refractivity contribution in [2.45, 2.75) is 6.92 Å². The lowest BCUT2D eigenvalue weighted by atomic mass is 10.1. The van der Waals surface area contributed by atoms with E-state index in [-0.39, 0.29) is 17.7 Å². The molecular formula is C10H9BrO4. The Bertz CT molecular complexity index is 400. The van der Waals surface area contributed by atoms with Crippen molar-refractivity contribution in [1.82, 2.24) is 0 Å². The molecule has 0 aromatic heterocycles. The van der Waals surface area contributed by atoms with E-state index in [9.17, 15) is 9.59 Å². The summed E-state index contributed by atoms with van der Waals surface area (Å²) in [5, 5.41) is 8.77. The highest BCUT2D eigenvalue weighted by atomic mass is 79.9. The molecule has 80 valence electrons. The molecule has 5 heteroatoms. The molecule has 4 nitrogen and oxygen atoms in total. The first-order valence-corrected chi connectivity index (χ1v) is 5.05. The maximum absolute atomic E-state index is 11.3. The van der Waals surface area contributed by atoms with Gasteiger partial charge in [0.15, 0.2) is 0 Å². The molecule has 15 heavy (non-hydrogen) atoms. The van der Waals surface area contributed by atoms with Crippen LogP contribution in [-0.2, 0) is 4.74 Å². The van der Waals surface area contributed by atoms with E-state index in [4.69, 9.17) is 9.84 Å². The van der Waals surface area contributed by atoms with Gasteiger partial charge in [0.05, 0.1) is 17.7 Å². The number of rotatable bonds is 3. The van der Waals surface area contributed by atoms with E-state index in [2.05, 4.69) is 15.9 Å². The van der Waals surface area contributed by atoms with Crippen LogP contribution >= 0.6 is 15.9 Å². The number of aromatic carboxylic acids is 1. The summed E-state index contributed by atoms with van der Waals surface area (Å²) in [6, 6.07) is 4.22. The highest BCUT2D eigenvalue weighted by Crippen LogP contribution is 2.16. The fourth-order valence-electron chi connectivity index (χ4n) is 1.05. The van der Waals surface area contributed by atoms with E-state index in [1.54, 1.807) is 6.92 Å². The topological polar surface area (TPSA) is 63.6 Å². The first-order valence-electron chi connectivity index (χ1n) is 4.25. The monoisotopic (exact) mass is 272 g/mol. The van der Waals surface area contributed by atoms with Crippen LogP contribution in [0, 0.1) is 0 Å². The van der Waals surface area contributed by atoms with Crippen molar-refractivity contribution in [3.05, 3.63) is 33.8 Å². The van der Waals surface area contributed by atoms with Crippen molar-refractivity contribution in [3.8, 4) is 0 Å². The Morgan fingerprint density at radius 2 is 1.93 bits per heavy atom. The van der Waals surface area contributed by atoms with Gasteiger partial charge in [0.2, 0.25) is 0 Å². The molecule has 0 amide bonds. The summed E-state index contributed by atoms with van der Waals surface area (Å²) in [6.07, 6.45) is 0. The quantitative estimate of drug-likeness (QED) is 0.858. The molecule has 0 aliphatic rings. The Balaban J connectivity index is 3.09. The van der Waals surface area contributed by atoms with E-state index in [0.717, 1.165) is 0 Å². The molecule has 0 heterocycles. The van der Waals surface area contributed by atoms with Gasteiger partial charge in [-0.15, -0.1) is 0 Å². The molecule has 0 atom stereocenters. The molecule has 0 aliphatic heterocycles. The van der Waals surface area contributed by atoms with Gasteiger partial charge in [-0.05, 0) is 25.1 Å². The van der Waals surface area contributed by atoms with Crippen molar-refractivity contribution >= 4 is 27.9 Å². The maximum Gasteiger partial charge on any atom is 0.338 e. The third kappa shape index (κ3) is 3.06. The predicted octanol–water partition coefficient (Wildman–Crippen LogP) is 2.32. The second-order valence-electron chi connectivity index (χ2n) is 2.75. The van der Waals surface area contributed by atoms with Crippen LogP contribution in [0.5, 0.6) is 0 Å². The predicted molar refractivity (Wildman–Crippen MR) is 57.1 cm³/mol. The second-order valence-corrected chi connectivity index (χ2v) is 3.67.